The third-order valence-electron chi connectivity index (χ3n) is 3.25. The molecule has 2 heterocycles. The molecule has 1 aromatic heterocycles. The first-order chi connectivity index (χ1) is 7.70. The van der Waals surface area contributed by atoms with Gasteiger partial charge in [-0.15, -0.1) is 12.4 Å². The Morgan fingerprint density at radius 2 is 2.35 bits per heavy atom. The van der Waals surface area contributed by atoms with Crippen molar-refractivity contribution < 1.29 is 0 Å². The van der Waals surface area contributed by atoms with Crippen LogP contribution >= 0.6 is 28.3 Å². The highest BCUT2D eigenvalue weighted by molar-refractivity contribution is 9.10. The number of aromatic nitrogens is 2. The molecule has 0 aliphatic carbocycles. The van der Waals surface area contributed by atoms with Crippen LogP contribution in [-0.4, -0.2) is 41.4 Å². The van der Waals surface area contributed by atoms with Gasteiger partial charge in [0, 0.05) is 20.1 Å². The van der Waals surface area contributed by atoms with E-state index in [1.165, 1.54) is 25.2 Å². The lowest BCUT2D eigenvalue weighted by Crippen LogP contribution is -2.25. The van der Waals surface area contributed by atoms with Crippen molar-refractivity contribution in [2.24, 2.45) is 13.0 Å². The fourth-order valence-corrected chi connectivity index (χ4v) is 2.81. The lowest BCUT2D eigenvalue weighted by molar-refractivity contribution is 0.306. The number of nitrogens with one attached hydrogen (secondary N) is 1. The maximum Gasteiger partial charge on any atom is 0.0663 e. The average molecular weight is 324 g/mol. The maximum absolute atomic E-state index is 4.24. The van der Waals surface area contributed by atoms with Gasteiger partial charge in [-0.2, -0.15) is 5.10 Å². The zero-order valence-corrected chi connectivity index (χ0v) is 12.7. The number of nitrogens with zero attached hydrogens (tertiary/aromatic N) is 3. The smallest absolute Gasteiger partial charge is 0.0663 e. The van der Waals surface area contributed by atoms with Crippen molar-refractivity contribution in [3.8, 4) is 0 Å². The van der Waals surface area contributed by atoms with Crippen LogP contribution in [0.25, 0.3) is 0 Å². The first-order valence-corrected chi connectivity index (χ1v) is 6.53. The molecule has 1 fully saturated rings. The largest absolute Gasteiger partial charge is 0.319 e. The van der Waals surface area contributed by atoms with E-state index in [1.807, 2.05) is 25.0 Å². The van der Waals surface area contributed by atoms with Crippen LogP contribution in [0, 0.1) is 5.92 Å². The molecule has 0 bridgehead atoms. The summed E-state index contributed by atoms with van der Waals surface area (Å²) in [5, 5.41) is 7.50. The molecule has 1 atom stereocenters. The Hall–Kier alpha value is -0.100. The first kappa shape index (κ1) is 15.0. The van der Waals surface area contributed by atoms with Crippen molar-refractivity contribution >= 4 is 28.3 Å². The molecule has 1 aromatic rings. The third-order valence-corrected chi connectivity index (χ3v) is 3.91. The van der Waals surface area contributed by atoms with E-state index in [-0.39, 0.29) is 12.4 Å². The van der Waals surface area contributed by atoms with E-state index in [9.17, 15) is 0 Å². The standard InChI is InChI=1S/C11H19BrN4.ClH/c1-13-5-9-3-4-16(7-9)8-11-10(12)6-14-15(11)2;/h6,9,13H,3-5,7-8H2,1-2H3;1H. The SMILES string of the molecule is CNCC1CCN(Cc2c(Br)cnn2C)C1.Cl. The molecule has 17 heavy (non-hydrogen) atoms. The molecule has 0 spiro atoms. The minimum atomic E-state index is 0. The van der Waals surface area contributed by atoms with E-state index in [0.717, 1.165) is 23.5 Å². The Morgan fingerprint density at radius 1 is 1.59 bits per heavy atom. The molecular weight excluding hydrogens is 304 g/mol. The highest BCUT2D eigenvalue weighted by Crippen LogP contribution is 2.21. The van der Waals surface area contributed by atoms with Gasteiger partial charge in [-0.25, -0.2) is 0 Å². The number of rotatable bonds is 4. The second-order valence-electron chi connectivity index (χ2n) is 4.51. The number of likely N-dealkylation sites (tertiary alicyclic amines) is 1. The molecule has 98 valence electrons. The molecule has 0 radical (unpaired) electrons. The van der Waals surface area contributed by atoms with Crippen molar-refractivity contribution in [2.75, 3.05) is 26.7 Å². The highest BCUT2D eigenvalue weighted by Gasteiger charge is 2.23. The summed E-state index contributed by atoms with van der Waals surface area (Å²) in [6.07, 6.45) is 3.17. The monoisotopic (exact) mass is 322 g/mol. The van der Waals surface area contributed by atoms with Crippen LogP contribution in [0.4, 0.5) is 0 Å². The van der Waals surface area contributed by atoms with Crippen molar-refractivity contribution in [1.29, 1.82) is 0 Å². The fourth-order valence-electron chi connectivity index (χ4n) is 2.34. The summed E-state index contributed by atoms with van der Waals surface area (Å²) < 4.78 is 3.07. The Balaban J connectivity index is 0.00000144. The van der Waals surface area contributed by atoms with Gasteiger partial charge in [-0.1, -0.05) is 0 Å². The fraction of sp³-hybridized carbons (Fsp3) is 0.727. The van der Waals surface area contributed by atoms with Crippen LogP contribution < -0.4 is 5.32 Å². The summed E-state index contributed by atoms with van der Waals surface area (Å²) in [5.74, 6) is 0.803. The van der Waals surface area contributed by atoms with E-state index < -0.39 is 0 Å². The molecule has 1 aliphatic rings. The molecule has 1 N–H and O–H groups in total. The summed E-state index contributed by atoms with van der Waals surface area (Å²) in [4.78, 5) is 2.50. The van der Waals surface area contributed by atoms with Crippen molar-refractivity contribution in [3.05, 3.63) is 16.4 Å². The zero-order valence-electron chi connectivity index (χ0n) is 10.3. The van der Waals surface area contributed by atoms with Gasteiger partial charge in [0.25, 0.3) is 0 Å². The Bertz CT molecular complexity index is 336. The topological polar surface area (TPSA) is 33.1 Å². The number of halogens is 2. The lowest BCUT2D eigenvalue weighted by atomic mass is 10.1. The third kappa shape index (κ3) is 3.68. The van der Waals surface area contributed by atoms with Crippen molar-refractivity contribution in [1.82, 2.24) is 20.0 Å². The summed E-state index contributed by atoms with van der Waals surface area (Å²) >= 11 is 3.55. The van der Waals surface area contributed by atoms with E-state index in [4.69, 9.17) is 0 Å². The molecule has 1 saturated heterocycles. The van der Waals surface area contributed by atoms with Crippen molar-refractivity contribution in [2.45, 2.75) is 13.0 Å². The van der Waals surface area contributed by atoms with Crippen LogP contribution in [-0.2, 0) is 13.6 Å². The molecule has 0 amide bonds. The van der Waals surface area contributed by atoms with E-state index in [0.29, 0.717) is 0 Å². The summed E-state index contributed by atoms with van der Waals surface area (Å²) in [6.45, 7) is 4.52. The summed E-state index contributed by atoms with van der Waals surface area (Å²) in [6, 6.07) is 0. The van der Waals surface area contributed by atoms with Crippen LogP contribution in [0.15, 0.2) is 10.7 Å². The molecule has 1 aliphatic heterocycles. The van der Waals surface area contributed by atoms with Gasteiger partial charge in [0.05, 0.1) is 16.4 Å². The Morgan fingerprint density at radius 3 is 2.94 bits per heavy atom. The van der Waals surface area contributed by atoms with Crippen molar-refractivity contribution in [3.63, 3.8) is 0 Å². The molecule has 0 aromatic carbocycles. The molecular formula is C11H20BrClN4. The second kappa shape index (κ2) is 6.73. The van der Waals surface area contributed by atoms with Gasteiger partial charge in [0.2, 0.25) is 0 Å². The lowest BCUT2D eigenvalue weighted by Gasteiger charge is -2.16. The highest BCUT2D eigenvalue weighted by atomic mass is 79.9. The molecule has 4 nitrogen and oxygen atoms in total. The number of hydrogen-bond donors (Lipinski definition) is 1. The second-order valence-corrected chi connectivity index (χ2v) is 5.36. The Kier molecular flexibility index (Phi) is 5.92. The van der Waals surface area contributed by atoms with Gasteiger partial charge in [0.15, 0.2) is 0 Å². The Labute approximate surface area is 117 Å². The zero-order chi connectivity index (χ0) is 11.5. The molecule has 0 saturated carbocycles. The minimum absolute atomic E-state index is 0. The van der Waals surface area contributed by atoms with E-state index in [2.05, 4.69) is 31.2 Å². The average Bonchev–Trinajstić information content (AvgIpc) is 2.81. The predicted octanol–water partition coefficient (Wildman–Crippen LogP) is 1.65. The van der Waals surface area contributed by atoms with E-state index in [1.54, 1.807) is 0 Å². The predicted molar refractivity (Wildman–Crippen MR) is 75.5 cm³/mol. The maximum atomic E-state index is 4.24. The minimum Gasteiger partial charge on any atom is -0.319 e. The molecule has 6 heteroatoms. The summed E-state index contributed by atoms with van der Waals surface area (Å²) in [5.41, 5.74) is 1.27. The van der Waals surface area contributed by atoms with Gasteiger partial charge < -0.3 is 5.32 Å². The normalized spacial score (nSPS) is 20.5. The van der Waals surface area contributed by atoms with Crippen LogP contribution in [0.2, 0.25) is 0 Å². The number of aryl methyl sites for hydroxylation is 1. The van der Waals surface area contributed by atoms with Gasteiger partial charge in [-0.3, -0.25) is 9.58 Å². The van der Waals surface area contributed by atoms with Gasteiger partial charge >= 0.3 is 0 Å². The van der Waals surface area contributed by atoms with Gasteiger partial charge in [0.1, 0.15) is 0 Å². The van der Waals surface area contributed by atoms with Crippen LogP contribution in [0.1, 0.15) is 12.1 Å². The molecule has 2 rings (SSSR count). The summed E-state index contributed by atoms with van der Waals surface area (Å²) in [7, 11) is 4.03. The van der Waals surface area contributed by atoms with Crippen LogP contribution in [0.5, 0.6) is 0 Å². The van der Waals surface area contributed by atoms with Gasteiger partial charge in [-0.05, 0) is 48.4 Å². The number of hydrogen-bond acceptors (Lipinski definition) is 3. The molecule has 1 unspecified atom stereocenters. The van der Waals surface area contributed by atoms with Crippen LogP contribution in [0.3, 0.4) is 0 Å². The quantitative estimate of drug-likeness (QED) is 0.914. The first-order valence-electron chi connectivity index (χ1n) is 5.74. The van der Waals surface area contributed by atoms with E-state index >= 15 is 0 Å².